The Labute approximate surface area is 111 Å². The van der Waals surface area contributed by atoms with E-state index in [1.165, 1.54) is 18.4 Å². The topological polar surface area (TPSA) is 21.3 Å². The third-order valence-corrected chi connectivity index (χ3v) is 3.79. The van der Waals surface area contributed by atoms with Gasteiger partial charge < -0.3 is 10.1 Å². The summed E-state index contributed by atoms with van der Waals surface area (Å²) in [6, 6.07) is 9.89. The zero-order valence-electron chi connectivity index (χ0n) is 11.8. The fourth-order valence-corrected chi connectivity index (χ4v) is 2.92. The smallest absolute Gasteiger partial charge is 0.119 e. The Kier molecular flexibility index (Phi) is 4.65. The molecule has 1 saturated heterocycles. The van der Waals surface area contributed by atoms with E-state index < -0.39 is 0 Å². The summed E-state index contributed by atoms with van der Waals surface area (Å²) in [6.45, 7) is 7.49. The van der Waals surface area contributed by atoms with Crippen LogP contribution in [0.15, 0.2) is 24.3 Å². The molecule has 18 heavy (non-hydrogen) atoms. The summed E-state index contributed by atoms with van der Waals surface area (Å²) in [5, 5.41) is 3.67. The first-order valence-electron chi connectivity index (χ1n) is 7.23. The molecule has 0 radical (unpaired) electrons. The van der Waals surface area contributed by atoms with E-state index in [-0.39, 0.29) is 0 Å². The summed E-state index contributed by atoms with van der Waals surface area (Å²) < 4.78 is 5.73. The minimum Gasteiger partial charge on any atom is -0.494 e. The summed E-state index contributed by atoms with van der Waals surface area (Å²) >= 11 is 0. The number of hydrogen-bond acceptors (Lipinski definition) is 2. The van der Waals surface area contributed by atoms with Crippen molar-refractivity contribution in [3.63, 3.8) is 0 Å². The molecule has 0 aromatic heterocycles. The highest BCUT2D eigenvalue weighted by Crippen LogP contribution is 2.33. The molecule has 1 N–H and O–H groups in total. The van der Waals surface area contributed by atoms with Crippen LogP contribution in [0, 0.1) is 0 Å². The molecular weight excluding hydrogens is 222 g/mol. The molecule has 1 aromatic rings. The van der Waals surface area contributed by atoms with Crippen LogP contribution in [-0.2, 0) is 0 Å². The van der Waals surface area contributed by atoms with E-state index in [9.17, 15) is 0 Å². The number of hydrogen-bond donors (Lipinski definition) is 1. The van der Waals surface area contributed by atoms with Gasteiger partial charge in [0.05, 0.1) is 6.61 Å². The van der Waals surface area contributed by atoms with Gasteiger partial charge in [-0.25, -0.2) is 0 Å². The minimum absolute atomic E-state index is 0.612. The molecule has 0 aliphatic carbocycles. The van der Waals surface area contributed by atoms with Crippen molar-refractivity contribution < 1.29 is 4.74 Å². The SMILES string of the molecule is CCCOc1cccc(C2CC(C)NC2CC)c1. The average Bonchev–Trinajstić information content (AvgIpc) is 2.78. The van der Waals surface area contributed by atoms with E-state index in [0.717, 1.165) is 18.8 Å². The van der Waals surface area contributed by atoms with Crippen LogP contribution in [0.5, 0.6) is 5.75 Å². The molecule has 0 bridgehead atoms. The van der Waals surface area contributed by atoms with E-state index in [1.54, 1.807) is 0 Å². The van der Waals surface area contributed by atoms with E-state index in [4.69, 9.17) is 4.74 Å². The Hall–Kier alpha value is -1.02. The fraction of sp³-hybridized carbons (Fsp3) is 0.625. The number of ether oxygens (including phenoxy) is 1. The summed E-state index contributed by atoms with van der Waals surface area (Å²) in [6.07, 6.45) is 3.48. The molecule has 100 valence electrons. The molecule has 1 fully saturated rings. The lowest BCUT2D eigenvalue weighted by Gasteiger charge is -2.19. The first-order valence-corrected chi connectivity index (χ1v) is 7.23. The molecular formula is C16H25NO. The van der Waals surface area contributed by atoms with Gasteiger partial charge in [0.1, 0.15) is 5.75 Å². The summed E-state index contributed by atoms with van der Waals surface area (Å²) in [5.41, 5.74) is 1.42. The zero-order valence-corrected chi connectivity index (χ0v) is 11.8. The lowest BCUT2D eigenvalue weighted by molar-refractivity contribution is 0.317. The molecule has 0 spiro atoms. The molecule has 1 aliphatic heterocycles. The van der Waals surface area contributed by atoms with Gasteiger partial charge in [-0.15, -0.1) is 0 Å². The van der Waals surface area contributed by atoms with Crippen molar-refractivity contribution in [1.82, 2.24) is 5.32 Å². The summed E-state index contributed by atoms with van der Waals surface area (Å²) in [4.78, 5) is 0. The van der Waals surface area contributed by atoms with E-state index in [0.29, 0.717) is 18.0 Å². The fourth-order valence-electron chi connectivity index (χ4n) is 2.92. The van der Waals surface area contributed by atoms with Gasteiger partial charge in [-0.3, -0.25) is 0 Å². The van der Waals surface area contributed by atoms with Gasteiger partial charge in [-0.05, 0) is 43.9 Å². The first-order chi connectivity index (χ1) is 8.74. The van der Waals surface area contributed by atoms with Gasteiger partial charge in [0.2, 0.25) is 0 Å². The predicted octanol–water partition coefficient (Wildman–Crippen LogP) is 3.72. The molecule has 0 saturated carbocycles. The molecule has 3 unspecified atom stereocenters. The Morgan fingerprint density at radius 2 is 2.17 bits per heavy atom. The monoisotopic (exact) mass is 247 g/mol. The maximum atomic E-state index is 5.73. The Bertz CT molecular complexity index is 377. The van der Waals surface area contributed by atoms with Crippen molar-refractivity contribution >= 4 is 0 Å². The third-order valence-electron chi connectivity index (χ3n) is 3.79. The minimum atomic E-state index is 0.612. The van der Waals surface area contributed by atoms with Gasteiger partial charge in [0.15, 0.2) is 0 Å². The summed E-state index contributed by atoms with van der Waals surface area (Å²) in [5.74, 6) is 1.65. The van der Waals surface area contributed by atoms with Gasteiger partial charge in [0.25, 0.3) is 0 Å². The number of nitrogens with one attached hydrogen (secondary N) is 1. The molecule has 1 heterocycles. The zero-order chi connectivity index (χ0) is 13.0. The van der Waals surface area contributed by atoms with E-state index in [2.05, 4.69) is 50.4 Å². The second-order valence-corrected chi connectivity index (χ2v) is 5.35. The molecule has 1 aliphatic rings. The van der Waals surface area contributed by atoms with Crippen LogP contribution in [0.2, 0.25) is 0 Å². The van der Waals surface area contributed by atoms with Crippen LogP contribution in [0.25, 0.3) is 0 Å². The van der Waals surface area contributed by atoms with Crippen LogP contribution in [0.3, 0.4) is 0 Å². The van der Waals surface area contributed by atoms with Crippen LogP contribution in [0.1, 0.15) is 51.5 Å². The lowest BCUT2D eigenvalue weighted by Crippen LogP contribution is -2.28. The standard InChI is InChI=1S/C16H25NO/c1-4-9-18-14-8-6-7-13(11-14)15-10-12(3)17-16(15)5-2/h6-8,11-12,15-17H,4-5,9-10H2,1-3H3. The maximum Gasteiger partial charge on any atom is 0.119 e. The Morgan fingerprint density at radius 1 is 1.33 bits per heavy atom. The van der Waals surface area contributed by atoms with Crippen molar-refractivity contribution in [3.05, 3.63) is 29.8 Å². The van der Waals surface area contributed by atoms with Crippen molar-refractivity contribution in [1.29, 1.82) is 0 Å². The molecule has 2 rings (SSSR count). The van der Waals surface area contributed by atoms with Crippen molar-refractivity contribution in [2.24, 2.45) is 0 Å². The van der Waals surface area contributed by atoms with Crippen molar-refractivity contribution in [2.75, 3.05) is 6.61 Å². The van der Waals surface area contributed by atoms with Crippen molar-refractivity contribution in [3.8, 4) is 5.75 Å². The van der Waals surface area contributed by atoms with Crippen LogP contribution in [0.4, 0.5) is 0 Å². The molecule has 2 heteroatoms. The van der Waals surface area contributed by atoms with E-state index in [1.807, 2.05) is 0 Å². The van der Waals surface area contributed by atoms with Gasteiger partial charge in [0, 0.05) is 18.0 Å². The Balaban J connectivity index is 2.12. The van der Waals surface area contributed by atoms with Crippen LogP contribution >= 0.6 is 0 Å². The van der Waals surface area contributed by atoms with E-state index >= 15 is 0 Å². The normalized spacial score (nSPS) is 27.4. The van der Waals surface area contributed by atoms with Gasteiger partial charge >= 0.3 is 0 Å². The van der Waals surface area contributed by atoms with Gasteiger partial charge in [-0.1, -0.05) is 26.0 Å². The number of benzene rings is 1. The highest BCUT2D eigenvalue weighted by Gasteiger charge is 2.31. The second kappa shape index (κ2) is 6.24. The molecule has 1 aromatic carbocycles. The molecule has 3 atom stereocenters. The highest BCUT2D eigenvalue weighted by molar-refractivity contribution is 5.32. The highest BCUT2D eigenvalue weighted by atomic mass is 16.5. The molecule has 0 amide bonds. The largest absolute Gasteiger partial charge is 0.494 e. The number of rotatable bonds is 5. The second-order valence-electron chi connectivity index (χ2n) is 5.35. The van der Waals surface area contributed by atoms with Gasteiger partial charge in [-0.2, -0.15) is 0 Å². The summed E-state index contributed by atoms with van der Waals surface area (Å²) in [7, 11) is 0. The quantitative estimate of drug-likeness (QED) is 0.856. The third kappa shape index (κ3) is 3.05. The van der Waals surface area contributed by atoms with Crippen LogP contribution in [-0.4, -0.2) is 18.7 Å². The molecule has 2 nitrogen and oxygen atoms in total. The maximum absolute atomic E-state index is 5.73. The first kappa shape index (κ1) is 13.4. The average molecular weight is 247 g/mol. The predicted molar refractivity (Wildman–Crippen MR) is 76.3 cm³/mol. The van der Waals surface area contributed by atoms with Crippen LogP contribution < -0.4 is 10.1 Å². The Morgan fingerprint density at radius 3 is 2.89 bits per heavy atom. The lowest BCUT2D eigenvalue weighted by atomic mass is 9.89. The van der Waals surface area contributed by atoms with Crippen molar-refractivity contribution in [2.45, 2.75) is 58.0 Å².